The van der Waals surface area contributed by atoms with Gasteiger partial charge in [0.25, 0.3) is 0 Å². The maximum absolute atomic E-state index is 3.81. The van der Waals surface area contributed by atoms with E-state index in [4.69, 9.17) is 0 Å². The first-order chi connectivity index (χ1) is 9.00. The van der Waals surface area contributed by atoms with Crippen molar-refractivity contribution >= 4 is 0 Å². The lowest BCUT2D eigenvalue weighted by atomic mass is 9.69. The first-order valence-electron chi connectivity index (χ1n) is 8.42. The fourth-order valence-electron chi connectivity index (χ4n) is 3.74. The molecular formula is C17H34N2. The van der Waals surface area contributed by atoms with Crippen molar-refractivity contribution in [3.05, 3.63) is 0 Å². The van der Waals surface area contributed by atoms with Crippen molar-refractivity contribution in [1.82, 2.24) is 10.2 Å². The molecule has 0 aromatic heterocycles. The number of hydrogen-bond donors (Lipinski definition) is 1. The zero-order chi connectivity index (χ0) is 13.9. The van der Waals surface area contributed by atoms with E-state index in [2.05, 4.69) is 38.0 Å². The van der Waals surface area contributed by atoms with Gasteiger partial charge < -0.3 is 10.2 Å². The summed E-state index contributed by atoms with van der Waals surface area (Å²) in [6, 6.07) is 0.759. The van der Waals surface area contributed by atoms with Gasteiger partial charge in [-0.1, -0.05) is 20.8 Å². The number of nitrogens with one attached hydrogen (secondary N) is 1. The highest BCUT2D eigenvalue weighted by Gasteiger charge is 2.35. The molecule has 19 heavy (non-hydrogen) atoms. The third-order valence-electron chi connectivity index (χ3n) is 4.99. The second-order valence-corrected chi connectivity index (χ2v) is 7.89. The molecule has 0 saturated heterocycles. The second-order valence-electron chi connectivity index (χ2n) is 7.89. The van der Waals surface area contributed by atoms with Crippen molar-refractivity contribution in [2.24, 2.45) is 17.3 Å². The highest BCUT2D eigenvalue weighted by Crippen LogP contribution is 2.39. The van der Waals surface area contributed by atoms with Gasteiger partial charge in [0.05, 0.1) is 0 Å². The Hall–Kier alpha value is -0.0800. The van der Waals surface area contributed by atoms with E-state index in [0.29, 0.717) is 5.41 Å². The molecule has 2 saturated carbocycles. The maximum Gasteiger partial charge on any atom is 0.0108 e. The van der Waals surface area contributed by atoms with Crippen LogP contribution in [0.3, 0.4) is 0 Å². The molecule has 0 aromatic rings. The summed E-state index contributed by atoms with van der Waals surface area (Å²) >= 11 is 0. The highest BCUT2D eigenvalue weighted by atomic mass is 15.1. The maximum atomic E-state index is 3.81. The van der Waals surface area contributed by atoms with E-state index in [9.17, 15) is 0 Å². The normalized spacial score (nSPS) is 30.8. The molecular weight excluding hydrogens is 232 g/mol. The van der Waals surface area contributed by atoms with Crippen LogP contribution in [-0.4, -0.2) is 37.6 Å². The van der Waals surface area contributed by atoms with Gasteiger partial charge >= 0.3 is 0 Å². The van der Waals surface area contributed by atoms with E-state index in [1.807, 2.05) is 0 Å². The summed E-state index contributed by atoms with van der Waals surface area (Å²) in [6.07, 6.45) is 8.34. The van der Waals surface area contributed by atoms with E-state index >= 15 is 0 Å². The molecule has 0 aromatic carbocycles. The predicted molar refractivity (Wildman–Crippen MR) is 83.4 cm³/mol. The van der Waals surface area contributed by atoms with Gasteiger partial charge in [-0.3, -0.25) is 0 Å². The van der Waals surface area contributed by atoms with Crippen molar-refractivity contribution < 1.29 is 0 Å². The van der Waals surface area contributed by atoms with Crippen molar-refractivity contribution in [3.8, 4) is 0 Å². The Morgan fingerprint density at radius 3 is 2.53 bits per heavy atom. The lowest BCUT2D eigenvalue weighted by Crippen LogP contribution is -2.47. The average Bonchev–Trinajstić information content (AvgIpc) is 3.11. The predicted octanol–water partition coefficient (Wildman–Crippen LogP) is 3.52. The van der Waals surface area contributed by atoms with Crippen LogP contribution in [0.1, 0.15) is 59.3 Å². The number of hydrogen-bond acceptors (Lipinski definition) is 2. The summed E-state index contributed by atoms with van der Waals surface area (Å²) in [5.41, 5.74) is 0.551. The Morgan fingerprint density at radius 2 is 1.89 bits per heavy atom. The molecule has 0 aliphatic heterocycles. The zero-order valence-corrected chi connectivity index (χ0v) is 13.5. The van der Waals surface area contributed by atoms with Gasteiger partial charge in [-0.2, -0.15) is 0 Å². The standard InChI is InChI=1S/C17H34N2/c1-5-10-18-16-8-9-17(2,3)11-15(16)13-19(4)12-14-6-7-14/h14-16,18H,5-13H2,1-4H3. The minimum atomic E-state index is 0.551. The molecule has 2 atom stereocenters. The minimum absolute atomic E-state index is 0.551. The fourth-order valence-corrected chi connectivity index (χ4v) is 3.74. The number of nitrogens with zero attached hydrogens (tertiary/aromatic N) is 1. The van der Waals surface area contributed by atoms with Crippen LogP contribution in [0.25, 0.3) is 0 Å². The Labute approximate surface area is 120 Å². The minimum Gasteiger partial charge on any atom is -0.314 e. The van der Waals surface area contributed by atoms with Crippen molar-refractivity contribution in [2.75, 3.05) is 26.7 Å². The Morgan fingerprint density at radius 1 is 1.16 bits per heavy atom. The summed E-state index contributed by atoms with van der Waals surface area (Å²) < 4.78 is 0. The molecule has 2 nitrogen and oxygen atoms in total. The SMILES string of the molecule is CCCNC1CCC(C)(C)CC1CN(C)CC1CC1. The topological polar surface area (TPSA) is 15.3 Å². The molecule has 2 aliphatic carbocycles. The van der Waals surface area contributed by atoms with Crippen molar-refractivity contribution in [3.63, 3.8) is 0 Å². The summed E-state index contributed by atoms with van der Waals surface area (Å²) in [7, 11) is 2.33. The van der Waals surface area contributed by atoms with Crippen LogP contribution < -0.4 is 5.32 Å². The monoisotopic (exact) mass is 266 g/mol. The van der Waals surface area contributed by atoms with Crippen LogP contribution >= 0.6 is 0 Å². The highest BCUT2D eigenvalue weighted by molar-refractivity contribution is 4.90. The van der Waals surface area contributed by atoms with Crippen LogP contribution in [0.15, 0.2) is 0 Å². The first-order valence-corrected chi connectivity index (χ1v) is 8.42. The van der Waals surface area contributed by atoms with Gasteiger partial charge in [0.2, 0.25) is 0 Å². The quantitative estimate of drug-likeness (QED) is 0.758. The van der Waals surface area contributed by atoms with Crippen LogP contribution in [-0.2, 0) is 0 Å². The van der Waals surface area contributed by atoms with E-state index in [-0.39, 0.29) is 0 Å². The summed E-state index contributed by atoms with van der Waals surface area (Å²) in [5, 5.41) is 3.81. The van der Waals surface area contributed by atoms with Crippen molar-refractivity contribution in [1.29, 1.82) is 0 Å². The molecule has 2 heteroatoms. The fraction of sp³-hybridized carbons (Fsp3) is 1.00. The molecule has 2 fully saturated rings. The largest absolute Gasteiger partial charge is 0.314 e. The second kappa shape index (κ2) is 6.58. The molecule has 2 unspecified atom stereocenters. The average molecular weight is 266 g/mol. The third kappa shape index (κ3) is 5.07. The molecule has 2 aliphatic rings. The van der Waals surface area contributed by atoms with Gasteiger partial charge in [-0.25, -0.2) is 0 Å². The Balaban J connectivity index is 1.85. The summed E-state index contributed by atoms with van der Waals surface area (Å²) in [4.78, 5) is 2.60. The summed E-state index contributed by atoms with van der Waals surface area (Å²) in [5.74, 6) is 1.86. The van der Waals surface area contributed by atoms with Crippen LogP contribution in [0.4, 0.5) is 0 Å². The van der Waals surface area contributed by atoms with Crippen LogP contribution in [0.2, 0.25) is 0 Å². The molecule has 2 rings (SSSR count). The lowest BCUT2D eigenvalue weighted by Gasteiger charge is -2.42. The Bertz CT molecular complexity index is 270. The van der Waals surface area contributed by atoms with Crippen molar-refractivity contribution in [2.45, 2.75) is 65.3 Å². The molecule has 112 valence electrons. The number of rotatable bonds is 7. The van der Waals surface area contributed by atoms with Gasteiger partial charge in [-0.05, 0) is 69.4 Å². The molecule has 0 bridgehead atoms. The van der Waals surface area contributed by atoms with E-state index in [1.165, 1.54) is 58.2 Å². The molecule has 0 amide bonds. The van der Waals surface area contributed by atoms with Gasteiger partial charge in [0.15, 0.2) is 0 Å². The third-order valence-corrected chi connectivity index (χ3v) is 4.99. The molecule has 1 N–H and O–H groups in total. The van der Waals surface area contributed by atoms with Crippen LogP contribution in [0.5, 0.6) is 0 Å². The van der Waals surface area contributed by atoms with Gasteiger partial charge in [0, 0.05) is 19.1 Å². The molecule has 0 heterocycles. The smallest absolute Gasteiger partial charge is 0.0108 e. The van der Waals surface area contributed by atoms with E-state index in [0.717, 1.165) is 17.9 Å². The van der Waals surface area contributed by atoms with Gasteiger partial charge in [0.1, 0.15) is 0 Å². The zero-order valence-electron chi connectivity index (χ0n) is 13.5. The first kappa shape index (κ1) is 15.3. The van der Waals surface area contributed by atoms with Gasteiger partial charge in [-0.15, -0.1) is 0 Å². The molecule has 0 radical (unpaired) electrons. The summed E-state index contributed by atoms with van der Waals surface area (Å²) in [6.45, 7) is 11.0. The Kier molecular flexibility index (Phi) is 5.30. The van der Waals surface area contributed by atoms with E-state index < -0.39 is 0 Å². The molecule has 0 spiro atoms. The van der Waals surface area contributed by atoms with E-state index in [1.54, 1.807) is 0 Å². The van der Waals surface area contributed by atoms with Crippen LogP contribution in [0, 0.1) is 17.3 Å². The lowest BCUT2D eigenvalue weighted by molar-refractivity contribution is 0.107.